The Bertz CT molecular complexity index is 842. The Hall–Kier alpha value is -2.75. The standard InChI is InChI=1S/C11H8FN3O5S/c12-8-2-1-3-9(15(17)18)11(8)14-21(19,20)7-4-5-10(16)13-6-7/h1-6,14H,(H,13,16). The van der Waals surface area contributed by atoms with Gasteiger partial charge in [-0.1, -0.05) is 6.07 Å². The van der Waals surface area contributed by atoms with Gasteiger partial charge in [0.15, 0.2) is 11.5 Å². The van der Waals surface area contributed by atoms with E-state index in [0.717, 1.165) is 36.5 Å². The van der Waals surface area contributed by atoms with Crippen LogP contribution in [0.1, 0.15) is 0 Å². The van der Waals surface area contributed by atoms with Crippen LogP contribution in [-0.2, 0) is 10.0 Å². The highest BCUT2D eigenvalue weighted by Gasteiger charge is 2.24. The quantitative estimate of drug-likeness (QED) is 0.649. The summed E-state index contributed by atoms with van der Waals surface area (Å²) in [6.07, 6.45) is 0.900. The van der Waals surface area contributed by atoms with E-state index in [1.54, 1.807) is 4.72 Å². The topological polar surface area (TPSA) is 122 Å². The molecule has 0 aliphatic carbocycles. The maximum atomic E-state index is 13.6. The lowest BCUT2D eigenvalue weighted by Gasteiger charge is -2.08. The van der Waals surface area contributed by atoms with Gasteiger partial charge in [-0.2, -0.15) is 0 Å². The number of anilines is 1. The summed E-state index contributed by atoms with van der Waals surface area (Å²) in [6, 6.07) is 4.90. The first kappa shape index (κ1) is 14.7. The largest absolute Gasteiger partial charge is 0.328 e. The van der Waals surface area contributed by atoms with E-state index < -0.39 is 37.7 Å². The van der Waals surface area contributed by atoms with Crippen molar-refractivity contribution in [2.45, 2.75) is 4.90 Å². The maximum absolute atomic E-state index is 13.6. The van der Waals surface area contributed by atoms with Gasteiger partial charge in [0, 0.05) is 18.3 Å². The number of sulfonamides is 1. The van der Waals surface area contributed by atoms with Crippen LogP contribution in [-0.4, -0.2) is 18.3 Å². The van der Waals surface area contributed by atoms with Crippen LogP contribution in [0.4, 0.5) is 15.8 Å². The summed E-state index contributed by atoms with van der Waals surface area (Å²) in [6.45, 7) is 0. The second kappa shape index (κ2) is 5.32. The highest BCUT2D eigenvalue weighted by atomic mass is 32.2. The van der Waals surface area contributed by atoms with Gasteiger partial charge in [0.1, 0.15) is 4.90 Å². The number of nitro benzene ring substituents is 1. The van der Waals surface area contributed by atoms with Gasteiger partial charge in [-0.05, 0) is 12.1 Å². The second-order valence-electron chi connectivity index (χ2n) is 3.89. The first-order valence-electron chi connectivity index (χ1n) is 5.46. The molecular formula is C11H8FN3O5S. The molecule has 2 rings (SSSR count). The van der Waals surface area contributed by atoms with Gasteiger partial charge in [0.25, 0.3) is 15.7 Å². The number of hydrogen-bond acceptors (Lipinski definition) is 5. The molecule has 0 fully saturated rings. The number of benzene rings is 1. The van der Waals surface area contributed by atoms with Crippen LogP contribution in [0.25, 0.3) is 0 Å². The molecule has 0 aliphatic heterocycles. The van der Waals surface area contributed by atoms with E-state index in [4.69, 9.17) is 0 Å². The van der Waals surface area contributed by atoms with Gasteiger partial charge < -0.3 is 4.98 Å². The van der Waals surface area contributed by atoms with Crippen molar-refractivity contribution in [3.05, 3.63) is 62.8 Å². The summed E-state index contributed by atoms with van der Waals surface area (Å²) in [5, 5.41) is 10.8. The fourth-order valence-corrected chi connectivity index (χ4v) is 2.57. The van der Waals surface area contributed by atoms with Crippen LogP contribution in [0.15, 0.2) is 46.2 Å². The second-order valence-corrected chi connectivity index (χ2v) is 5.57. The Labute approximate surface area is 117 Å². The van der Waals surface area contributed by atoms with Crippen molar-refractivity contribution in [3.8, 4) is 0 Å². The molecule has 8 nitrogen and oxygen atoms in total. The number of para-hydroxylation sites is 1. The fraction of sp³-hybridized carbons (Fsp3) is 0. The normalized spacial score (nSPS) is 11.1. The lowest BCUT2D eigenvalue weighted by atomic mass is 10.2. The van der Waals surface area contributed by atoms with Gasteiger partial charge in [-0.25, -0.2) is 12.8 Å². The Morgan fingerprint density at radius 3 is 2.52 bits per heavy atom. The molecule has 21 heavy (non-hydrogen) atoms. The first-order valence-corrected chi connectivity index (χ1v) is 6.94. The molecule has 1 aromatic heterocycles. The molecule has 0 aliphatic rings. The third-order valence-corrected chi connectivity index (χ3v) is 3.84. The van der Waals surface area contributed by atoms with E-state index in [9.17, 15) is 27.7 Å². The molecule has 1 heterocycles. The van der Waals surface area contributed by atoms with E-state index in [-0.39, 0.29) is 4.90 Å². The molecule has 110 valence electrons. The number of nitro groups is 1. The van der Waals surface area contributed by atoms with Crippen LogP contribution in [0, 0.1) is 15.9 Å². The van der Waals surface area contributed by atoms with Crippen LogP contribution < -0.4 is 10.3 Å². The summed E-state index contributed by atoms with van der Waals surface area (Å²) >= 11 is 0. The summed E-state index contributed by atoms with van der Waals surface area (Å²) in [7, 11) is -4.27. The lowest BCUT2D eigenvalue weighted by molar-refractivity contribution is -0.384. The van der Waals surface area contributed by atoms with Crippen LogP contribution in [0.5, 0.6) is 0 Å². The van der Waals surface area contributed by atoms with Gasteiger partial charge in [-0.15, -0.1) is 0 Å². The van der Waals surface area contributed by atoms with Crippen molar-refractivity contribution in [1.82, 2.24) is 4.98 Å². The predicted octanol–water partition coefficient (Wildman–Crippen LogP) is 1.22. The Morgan fingerprint density at radius 1 is 1.24 bits per heavy atom. The number of halogens is 1. The van der Waals surface area contributed by atoms with Gasteiger partial charge in [0.05, 0.1) is 4.92 Å². The average Bonchev–Trinajstić information content (AvgIpc) is 2.41. The molecule has 0 spiro atoms. The molecule has 1 aromatic carbocycles. The summed E-state index contributed by atoms with van der Waals surface area (Å²) in [5.41, 5.74) is -2.01. The SMILES string of the molecule is O=c1ccc(S(=O)(=O)Nc2c(F)cccc2[N+](=O)[O-])c[nH]1. The smallest absolute Gasteiger partial charge is 0.296 e. The van der Waals surface area contributed by atoms with Crippen molar-refractivity contribution in [3.63, 3.8) is 0 Å². The van der Waals surface area contributed by atoms with Crippen LogP contribution >= 0.6 is 0 Å². The number of hydrogen-bond donors (Lipinski definition) is 2. The molecule has 0 unspecified atom stereocenters. The van der Waals surface area contributed by atoms with E-state index in [0.29, 0.717) is 0 Å². The van der Waals surface area contributed by atoms with Crippen LogP contribution in [0.3, 0.4) is 0 Å². The van der Waals surface area contributed by atoms with Gasteiger partial charge in [0.2, 0.25) is 5.56 Å². The maximum Gasteiger partial charge on any atom is 0.296 e. The van der Waals surface area contributed by atoms with Crippen molar-refractivity contribution < 1.29 is 17.7 Å². The minimum Gasteiger partial charge on any atom is -0.328 e. The zero-order valence-electron chi connectivity index (χ0n) is 10.2. The number of aromatic amines is 1. The van der Waals surface area contributed by atoms with Crippen molar-refractivity contribution >= 4 is 21.4 Å². The minimum absolute atomic E-state index is 0.361. The average molecular weight is 313 g/mol. The number of pyridine rings is 1. The Balaban J connectivity index is 2.49. The summed E-state index contributed by atoms with van der Waals surface area (Å²) < 4.78 is 39.5. The van der Waals surface area contributed by atoms with Crippen molar-refractivity contribution in [2.75, 3.05) is 4.72 Å². The summed E-state index contributed by atoms with van der Waals surface area (Å²) in [4.78, 5) is 22.6. The van der Waals surface area contributed by atoms with E-state index in [1.165, 1.54) is 0 Å². The molecule has 0 saturated heterocycles. The van der Waals surface area contributed by atoms with Crippen LogP contribution in [0.2, 0.25) is 0 Å². The molecule has 0 saturated carbocycles. The zero-order valence-corrected chi connectivity index (χ0v) is 11.1. The third-order valence-electron chi connectivity index (χ3n) is 2.49. The minimum atomic E-state index is -4.27. The number of rotatable bonds is 4. The Kier molecular flexibility index (Phi) is 3.72. The fourth-order valence-electron chi connectivity index (χ4n) is 1.52. The summed E-state index contributed by atoms with van der Waals surface area (Å²) in [5.74, 6) is -1.09. The van der Waals surface area contributed by atoms with E-state index >= 15 is 0 Å². The van der Waals surface area contributed by atoms with Crippen molar-refractivity contribution in [1.29, 1.82) is 0 Å². The predicted molar refractivity (Wildman–Crippen MR) is 70.9 cm³/mol. The molecule has 0 amide bonds. The monoisotopic (exact) mass is 313 g/mol. The number of nitrogens with zero attached hydrogens (tertiary/aromatic N) is 1. The highest BCUT2D eigenvalue weighted by molar-refractivity contribution is 7.92. The van der Waals surface area contributed by atoms with E-state index in [1.807, 2.05) is 0 Å². The molecule has 0 radical (unpaired) electrons. The zero-order chi connectivity index (χ0) is 15.6. The molecule has 0 bridgehead atoms. The molecule has 2 aromatic rings. The molecule has 0 atom stereocenters. The molecule has 10 heteroatoms. The lowest BCUT2D eigenvalue weighted by Crippen LogP contribution is -2.17. The molecular weight excluding hydrogens is 305 g/mol. The third kappa shape index (κ3) is 3.05. The first-order chi connectivity index (χ1) is 9.81. The highest BCUT2D eigenvalue weighted by Crippen LogP contribution is 2.29. The van der Waals surface area contributed by atoms with Crippen molar-refractivity contribution in [2.24, 2.45) is 0 Å². The van der Waals surface area contributed by atoms with E-state index in [2.05, 4.69) is 4.98 Å². The number of H-pyrrole nitrogens is 1. The van der Waals surface area contributed by atoms with Gasteiger partial charge in [-0.3, -0.25) is 19.6 Å². The number of nitrogens with one attached hydrogen (secondary N) is 2. The molecule has 2 N–H and O–H groups in total. The van der Waals surface area contributed by atoms with Gasteiger partial charge >= 0.3 is 0 Å². The number of aromatic nitrogens is 1. The Morgan fingerprint density at radius 2 is 1.95 bits per heavy atom.